The number of hydrogen-bond acceptors (Lipinski definition) is 1. The molecule has 3 heteroatoms. The van der Waals surface area contributed by atoms with Gasteiger partial charge in [0.15, 0.2) is 0 Å². The maximum Gasteiger partial charge on any atom is 0.103 e. The number of imidazole rings is 1. The number of rotatable bonds is 1. The summed E-state index contributed by atoms with van der Waals surface area (Å²) in [6.45, 7) is 4.03. The Morgan fingerprint density at radius 1 is 1.29 bits per heavy atom. The first-order chi connectivity index (χ1) is 6.66. The molecule has 1 aromatic carbocycles. The molecule has 0 aliphatic carbocycles. The van der Waals surface area contributed by atoms with Crippen molar-refractivity contribution in [3.8, 4) is 11.3 Å². The second-order valence-corrected chi connectivity index (χ2v) is 4.20. The van der Waals surface area contributed by atoms with Gasteiger partial charge in [-0.3, -0.25) is 0 Å². The van der Waals surface area contributed by atoms with Gasteiger partial charge in [-0.05, 0) is 37.1 Å². The predicted octanol–water partition coefficient (Wildman–Crippen LogP) is 3.46. The van der Waals surface area contributed by atoms with Gasteiger partial charge in [0.1, 0.15) is 5.82 Å². The summed E-state index contributed by atoms with van der Waals surface area (Å²) in [6, 6.07) is 6.27. The maximum absolute atomic E-state index is 4.18. The second kappa shape index (κ2) is 3.58. The fourth-order valence-corrected chi connectivity index (χ4v) is 1.63. The van der Waals surface area contributed by atoms with Gasteiger partial charge in [0.2, 0.25) is 0 Å². The third-order valence-electron chi connectivity index (χ3n) is 2.17. The number of aryl methyl sites for hydroxylation is 2. The molecule has 1 N–H and O–H groups in total. The Morgan fingerprint density at radius 2 is 2.07 bits per heavy atom. The molecule has 1 heterocycles. The Morgan fingerprint density at radius 3 is 2.64 bits per heavy atom. The molecule has 0 saturated carbocycles. The Bertz CT molecular complexity index is 460. The number of nitrogens with one attached hydrogen (secondary N) is 1. The molecule has 0 unspecified atom stereocenters. The molecule has 0 spiro atoms. The number of halogens is 1. The summed E-state index contributed by atoms with van der Waals surface area (Å²) < 4.78 is 1.14. The van der Waals surface area contributed by atoms with E-state index in [1.54, 1.807) is 0 Å². The predicted molar refractivity (Wildman–Crippen MR) is 61.2 cm³/mol. The van der Waals surface area contributed by atoms with E-state index < -0.39 is 0 Å². The molecule has 2 nitrogen and oxygen atoms in total. The Hall–Kier alpha value is -1.09. The van der Waals surface area contributed by atoms with E-state index >= 15 is 0 Å². The van der Waals surface area contributed by atoms with E-state index in [2.05, 4.69) is 51.0 Å². The van der Waals surface area contributed by atoms with Crippen LogP contribution in [-0.2, 0) is 0 Å². The van der Waals surface area contributed by atoms with Crippen molar-refractivity contribution in [2.45, 2.75) is 13.8 Å². The first-order valence-electron chi connectivity index (χ1n) is 4.45. The molecule has 14 heavy (non-hydrogen) atoms. The van der Waals surface area contributed by atoms with Crippen molar-refractivity contribution in [3.05, 3.63) is 40.3 Å². The molecule has 72 valence electrons. The number of benzene rings is 1. The van der Waals surface area contributed by atoms with Crippen molar-refractivity contribution in [3.63, 3.8) is 0 Å². The molecule has 0 aliphatic heterocycles. The first-order valence-corrected chi connectivity index (χ1v) is 5.24. The van der Waals surface area contributed by atoms with E-state index in [4.69, 9.17) is 0 Å². The summed E-state index contributed by atoms with van der Waals surface area (Å²) in [5, 5.41) is 0. The summed E-state index contributed by atoms with van der Waals surface area (Å²) >= 11 is 3.48. The summed E-state index contributed by atoms with van der Waals surface area (Å²) in [6.07, 6.45) is 1.86. The van der Waals surface area contributed by atoms with Gasteiger partial charge < -0.3 is 4.98 Å². The molecule has 1 aromatic heterocycles. The molecule has 0 aliphatic rings. The maximum atomic E-state index is 4.18. The lowest BCUT2D eigenvalue weighted by atomic mass is 10.1. The molecule has 0 bridgehead atoms. The highest BCUT2D eigenvalue weighted by Crippen LogP contribution is 2.23. The van der Waals surface area contributed by atoms with Gasteiger partial charge in [-0.25, -0.2) is 4.98 Å². The van der Waals surface area contributed by atoms with Crippen LogP contribution < -0.4 is 0 Å². The van der Waals surface area contributed by atoms with E-state index in [1.807, 2.05) is 13.1 Å². The summed E-state index contributed by atoms with van der Waals surface area (Å²) in [7, 11) is 0. The van der Waals surface area contributed by atoms with Crippen molar-refractivity contribution in [1.29, 1.82) is 0 Å². The van der Waals surface area contributed by atoms with Gasteiger partial charge in [-0.15, -0.1) is 0 Å². The zero-order chi connectivity index (χ0) is 10.1. The van der Waals surface area contributed by atoms with Crippen LogP contribution in [0.15, 0.2) is 28.9 Å². The Balaban J connectivity index is 2.47. The fourth-order valence-electron chi connectivity index (χ4n) is 1.38. The minimum atomic E-state index is 0.945. The normalized spacial score (nSPS) is 10.5. The van der Waals surface area contributed by atoms with E-state index in [1.165, 1.54) is 11.1 Å². The van der Waals surface area contributed by atoms with Crippen LogP contribution in [0.25, 0.3) is 11.3 Å². The van der Waals surface area contributed by atoms with Crippen LogP contribution in [0.3, 0.4) is 0 Å². The van der Waals surface area contributed by atoms with Crippen molar-refractivity contribution >= 4 is 15.9 Å². The van der Waals surface area contributed by atoms with Crippen LogP contribution in [-0.4, -0.2) is 9.97 Å². The highest BCUT2D eigenvalue weighted by Gasteiger charge is 2.02. The van der Waals surface area contributed by atoms with E-state index in [0.29, 0.717) is 0 Å². The fraction of sp³-hybridized carbons (Fsp3) is 0.182. The zero-order valence-electron chi connectivity index (χ0n) is 8.13. The van der Waals surface area contributed by atoms with Crippen molar-refractivity contribution < 1.29 is 0 Å². The van der Waals surface area contributed by atoms with Gasteiger partial charge in [0, 0.05) is 4.47 Å². The summed E-state index contributed by atoms with van der Waals surface area (Å²) in [4.78, 5) is 7.39. The Labute approximate surface area is 91.5 Å². The summed E-state index contributed by atoms with van der Waals surface area (Å²) in [5.74, 6) is 0.945. The lowest BCUT2D eigenvalue weighted by Crippen LogP contribution is -1.81. The van der Waals surface area contributed by atoms with Gasteiger partial charge in [-0.2, -0.15) is 0 Å². The molecular weight excluding hydrogens is 240 g/mol. The van der Waals surface area contributed by atoms with Gasteiger partial charge in [-0.1, -0.05) is 22.0 Å². The standard InChI is InChI=1S/C11H11BrN2/c1-7-5-9(3-4-10(7)12)11-6-13-8(2)14-11/h3-6H,1-2H3,(H,13,14). The first kappa shape index (κ1) is 9.46. The van der Waals surface area contributed by atoms with E-state index in [-0.39, 0.29) is 0 Å². The van der Waals surface area contributed by atoms with Crippen molar-refractivity contribution in [1.82, 2.24) is 9.97 Å². The molecule has 0 atom stereocenters. The van der Waals surface area contributed by atoms with Gasteiger partial charge in [0.05, 0.1) is 11.9 Å². The van der Waals surface area contributed by atoms with Crippen LogP contribution in [0.5, 0.6) is 0 Å². The largest absolute Gasteiger partial charge is 0.342 e. The average molecular weight is 251 g/mol. The quantitative estimate of drug-likeness (QED) is 0.826. The molecule has 2 aromatic rings. The molecule has 0 amide bonds. The molecule has 0 fully saturated rings. The number of aromatic amines is 1. The number of H-pyrrole nitrogens is 1. The van der Waals surface area contributed by atoms with Crippen LogP contribution in [0.1, 0.15) is 11.4 Å². The zero-order valence-corrected chi connectivity index (χ0v) is 9.72. The van der Waals surface area contributed by atoms with E-state index in [0.717, 1.165) is 16.0 Å². The molecule has 2 rings (SSSR count). The smallest absolute Gasteiger partial charge is 0.103 e. The van der Waals surface area contributed by atoms with Gasteiger partial charge in [0.25, 0.3) is 0 Å². The SMILES string of the molecule is Cc1ncc(-c2ccc(Br)c(C)c2)[nH]1. The highest BCUT2D eigenvalue weighted by atomic mass is 79.9. The number of nitrogens with zero attached hydrogens (tertiary/aromatic N) is 1. The summed E-state index contributed by atoms with van der Waals surface area (Å²) in [5.41, 5.74) is 3.47. The van der Waals surface area contributed by atoms with Gasteiger partial charge >= 0.3 is 0 Å². The lowest BCUT2D eigenvalue weighted by Gasteiger charge is -2.01. The molecular formula is C11H11BrN2. The monoisotopic (exact) mass is 250 g/mol. The van der Waals surface area contributed by atoms with Crippen LogP contribution >= 0.6 is 15.9 Å². The minimum Gasteiger partial charge on any atom is -0.342 e. The van der Waals surface area contributed by atoms with Crippen LogP contribution in [0, 0.1) is 13.8 Å². The van der Waals surface area contributed by atoms with E-state index in [9.17, 15) is 0 Å². The number of hydrogen-bond donors (Lipinski definition) is 1. The Kier molecular flexibility index (Phi) is 2.42. The van der Waals surface area contributed by atoms with Crippen molar-refractivity contribution in [2.75, 3.05) is 0 Å². The number of aromatic nitrogens is 2. The second-order valence-electron chi connectivity index (χ2n) is 3.35. The average Bonchev–Trinajstić information content (AvgIpc) is 2.57. The molecule has 0 radical (unpaired) electrons. The van der Waals surface area contributed by atoms with Crippen molar-refractivity contribution in [2.24, 2.45) is 0 Å². The topological polar surface area (TPSA) is 28.7 Å². The highest BCUT2D eigenvalue weighted by molar-refractivity contribution is 9.10. The third-order valence-corrected chi connectivity index (χ3v) is 3.06. The third kappa shape index (κ3) is 1.73. The minimum absolute atomic E-state index is 0.945. The van der Waals surface area contributed by atoms with Crippen LogP contribution in [0.4, 0.5) is 0 Å². The lowest BCUT2D eigenvalue weighted by molar-refractivity contribution is 1.15. The molecule has 0 saturated heterocycles. The van der Waals surface area contributed by atoms with Crippen LogP contribution in [0.2, 0.25) is 0 Å².